The fraction of sp³-hybridized carbons (Fsp3) is 0.667. The first-order chi connectivity index (χ1) is 7.77. The van der Waals surface area contributed by atoms with E-state index >= 15 is 0 Å². The second-order valence-corrected chi connectivity index (χ2v) is 5.67. The van der Waals surface area contributed by atoms with Crippen LogP contribution in [0.4, 0.5) is 0 Å². The summed E-state index contributed by atoms with van der Waals surface area (Å²) >= 11 is 0. The van der Waals surface area contributed by atoms with Gasteiger partial charge in [-0.2, -0.15) is 0 Å². The van der Waals surface area contributed by atoms with Gasteiger partial charge in [0.1, 0.15) is 0 Å². The van der Waals surface area contributed by atoms with Crippen molar-refractivity contribution in [3.63, 3.8) is 0 Å². The van der Waals surface area contributed by atoms with Crippen molar-refractivity contribution in [2.24, 2.45) is 0 Å². The number of hydrogen-bond acceptors (Lipinski definition) is 2. The van der Waals surface area contributed by atoms with E-state index in [1.54, 1.807) is 0 Å². The summed E-state index contributed by atoms with van der Waals surface area (Å²) in [6.45, 7) is 6.92. The largest absolute Gasteiger partial charge is 0.350 e. The number of nitrogens with zero attached hydrogens (tertiary/aromatic N) is 1. The van der Waals surface area contributed by atoms with Crippen LogP contribution in [0.15, 0.2) is 18.3 Å². The van der Waals surface area contributed by atoms with Crippen LogP contribution in [0.25, 0.3) is 0 Å². The Morgan fingerprint density at radius 3 is 2.94 bits per heavy atom. The number of hydrogen-bond donors (Lipinski definition) is 1. The molecule has 3 nitrogen and oxygen atoms in total. The fourth-order valence-corrected chi connectivity index (χ4v) is 2.28. The van der Waals surface area contributed by atoms with Crippen molar-refractivity contribution < 1.29 is 4.21 Å². The minimum Gasteiger partial charge on any atom is -0.350 e. The van der Waals surface area contributed by atoms with Gasteiger partial charge in [0, 0.05) is 53.8 Å². The molecule has 92 valence electrons. The third-order valence-corrected chi connectivity index (χ3v) is 3.83. The Balaban J connectivity index is 2.26. The number of nitrogens with one attached hydrogen (secondary N) is 1. The van der Waals surface area contributed by atoms with E-state index in [-0.39, 0.29) is 0 Å². The Morgan fingerprint density at radius 2 is 2.25 bits per heavy atom. The van der Waals surface area contributed by atoms with Crippen LogP contribution in [-0.4, -0.2) is 26.8 Å². The van der Waals surface area contributed by atoms with E-state index in [2.05, 4.69) is 35.1 Å². The quantitative estimate of drug-likeness (QED) is 0.705. The minimum absolute atomic E-state index is 0.653. The van der Waals surface area contributed by atoms with Crippen molar-refractivity contribution in [3.8, 4) is 0 Å². The highest BCUT2D eigenvalue weighted by atomic mass is 32.2. The minimum atomic E-state index is -0.653. The monoisotopic (exact) mass is 242 g/mol. The number of aryl methyl sites for hydroxylation is 1. The average molecular weight is 242 g/mol. The van der Waals surface area contributed by atoms with E-state index in [1.807, 2.05) is 6.92 Å². The predicted molar refractivity (Wildman–Crippen MR) is 70.0 cm³/mol. The summed E-state index contributed by atoms with van der Waals surface area (Å²) < 4.78 is 13.5. The van der Waals surface area contributed by atoms with Gasteiger partial charge < -0.3 is 9.88 Å². The van der Waals surface area contributed by atoms with Crippen molar-refractivity contribution in [1.82, 2.24) is 9.88 Å². The van der Waals surface area contributed by atoms with Crippen LogP contribution in [0.3, 0.4) is 0 Å². The summed E-state index contributed by atoms with van der Waals surface area (Å²) in [5.74, 6) is 1.51. The van der Waals surface area contributed by atoms with Crippen molar-refractivity contribution >= 4 is 10.8 Å². The van der Waals surface area contributed by atoms with Crippen molar-refractivity contribution in [3.05, 3.63) is 24.0 Å². The highest BCUT2D eigenvalue weighted by Crippen LogP contribution is 2.02. The molecule has 0 spiro atoms. The molecule has 1 rings (SSSR count). The topological polar surface area (TPSA) is 34.0 Å². The molecule has 0 fully saturated rings. The predicted octanol–water partition coefficient (Wildman–Crippen LogP) is 1.76. The summed E-state index contributed by atoms with van der Waals surface area (Å²) in [6, 6.07) is 4.22. The smallest absolute Gasteiger partial charge is 0.0360 e. The van der Waals surface area contributed by atoms with Gasteiger partial charge in [0.2, 0.25) is 0 Å². The summed E-state index contributed by atoms with van der Waals surface area (Å²) in [5.41, 5.74) is 1.31. The van der Waals surface area contributed by atoms with Gasteiger partial charge >= 0.3 is 0 Å². The molecule has 1 aromatic rings. The van der Waals surface area contributed by atoms with E-state index in [9.17, 15) is 4.21 Å². The Morgan fingerprint density at radius 1 is 1.44 bits per heavy atom. The molecule has 1 atom stereocenters. The first kappa shape index (κ1) is 13.5. The Bertz CT molecular complexity index is 323. The molecule has 0 saturated carbocycles. The molecular weight excluding hydrogens is 220 g/mol. The van der Waals surface area contributed by atoms with E-state index < -0.39 is 10.8 Å². The van der Waals surface area contributed by atoms with E-state index in [1.165, 1.54) is 5.69 Å². The molecule has 0 aliphatic carbocycles. The Labute approximate surface area is 101 Å². The lowest BCUT2D eigenvalue weighted by Gasteiger charge is -2.08. The maximum Gasteiger partial charge on any atom is 0.0360 e. The normalized spacial score (nSPS) is 12.9. The molecule has 0 aliphatic rings. The van der Waals surface area contributed by atoms with E-state index in [0.717, 1.165) is 37.6 Å². The summed E-state index contributed by atoms with van der Waals surface area (Å²) in [6.07, 6.45) is 3.27. The van der Waals surface area contributed by atoms with Crippen LogP contribution >= 0.6 is 0 Å². The van der Waals surface area contributed by atoms with Crippen LogP contribution in [0.2, 0.25) is 0 Å². The summed E-state index contributed by atoms with van der Waals surface area (Å²) in [5, 5.41) is 3.34. The van der Waals surface area contributed by atoms with Crippen LogP contribution in [-0.2, 0) is 23.9 Å². The highest BCUT2D eigenvalue weighted by Gasteiger charge is 2.00. The molecule has 4 heteroatoms. The standard InChI is InChI=1S/C12H22N2OS/c1-3-8-14-9-5-6-12(14)11-13-7-10-16(15)4-2/h5-6,9,13H,3-4,7-8,10-11H2,1-2H3. The summed E-state index contributed by atoms with van der Waals surface area (Å²) in [4.78, 5) is 0. The molecule has 1 unspecified atom stereocenters. The first-order valence-electron chi connectivity index (χ1n) is 5.97. The zero-order chi connectivity index (χ0) is 11.8. The van der Waals surface area contributed by atoms with Crippen molar-refractivity contribution in [2.75, 3.05) is 18.1 Å². The van der Waals surface area contributed by atoms with Crippen molar-refractivity contribution in [1.29, 1.82) is 0 Å². The van der Waals surface area contributed by atoms with Gasteiger partial charge in [-0.05, 0) is 18.6 Å². The molecule has 0 radical (unpaired) electrons. The van der Waals surface area contributed by atoms with Gasteiger partial charge in [-0.1, -0.05) is 13.8 Å². The maximum absolute atomic E-state index is 11.2. The van der Waals surface area contributed by atoms with Gasteiger partial charge in [-0.25, -0.2) is 0 Å². The lowest BCUT2D eigenvalue weighted by atomic mass is 10.4. The molecule has 1 aromatic heterocycles. The zero-order valence-corrected chi connectivity index (χ0v) is 11.1. The number of aromatic nitrogens is 1. The molecule has 0 amide bonds. The molecule has 0 aliphatic heterocycles. The Kier molecular flexibility index (Phi) is 6.42. The molecule has 0 aromatic carbocycles. The number of rotatable bonds is 8. The molecule has 1 heterocycles. The second kappa shape index (κ2) is 7.63. The molecule has 16 heavy (non-hydrogen) atoms. The molecule has 1 N–H and O–H groups in total. The van der Waals surface area contributed by atoms with Crippen LogP contribution in [0, 0.1) is 0 Å². The van der Waals surface area contributed by atoms with Crippen molar-refractivity contribution in [2.45, 2.75) is 33.4 Å². The first-order valence-corrected chi connectivity index (χ1v) is 7.46. The average Bonchev–Trinajstić information content (AvgIpc) is 2.72. The molecular formula is C12H22N2OS. The third-order valence-electron chi connectivity index (χ3n) is 2.52. The lowest BCUT2D eigenvalue weighted by molar-refractivity contribution is 0.611. The van der Waals surface area contributed by atoms with Gasteiger partial charge in [0.15, 0.2) is 0 Å². The van der Waals surface area contributed by atoms with E-state index in [4.69, 9.17) is 0 Å². The lowest BCUT2D eigenvalue weighted by Crippen LogP contribution is -2.22. The van der Waals surface area contributed by atoms with Crippen LogP contribution in [0.1, 0.15) is 26.0 Å². The van der Waals surface area contributed by atoms with Gasteiger partial charge in [0.05, 0.1) is 0 Å². The third kappa shape index (κ3) is 4.49. The molecule has 0 saturated heterocycles. The maximum atomic E-state index is 11.2. The SMILES string of the molecule is CCCn1cccc1CNCCS(=O)CC. The molecule has 0 bridgehead atoms. The van der Waals surface area contributed by atoms with E-state index in [0.29, 0.717) is 0 Å². The van der Waals surface area contributed by atoms with Gasteiger partial charge in [0.25, 0.3) is 0 Å². The second-order valence-electron chi connectivity index (χ2n) is 3.80. The zero-order valence-electron chi connectivity index (χ0n) is 10.2. The summed E-state index contributed by atoms with van der Waals surface area (Å²) in [7, 11) is -0.653. The Hall–Kier alpha value is -0.610. The van der Waals surface area contributed by atoms with Crippen LogP contribution < -0.4 is 5.32 Å². The fourth-order valence-electron chi connectivity index (χ4n) is 1.62. The van der Waals surface area contributed by atoms with Gasteiger partial charge in [-0.3, -0.25) is 4.21 Å². The van der Waals surface area contributed by atoms with Gasteiger partial charge in [-0.15, -0.1) is 0 Å². The van der Waals surface area contributed by atoms with Crippen LogP contribution in [0.5, 0.6) is 0 Å². The highest BCUT2D eigenvalue weighted by molar-refractivity contribution is 7.84.